The van der Waals surface area contributed by atoms with Crippen molar-refractivity contribution in [1.82, 2.24) is 9.80 Å². The van der Waals surface area contributed by atoms with Crippen molar-refractivity contribution in [3.63, 3.8) is 0 Å². The van der Waals surface area contributed by atoms with Gasteiger partial charge >= 0.3 is 0 Å². The molecule has 0 radical (unpaired) electrons. The molecule has 1 saturated heterocycles. The molecule has 1 aliphatic heterocycles. The van der Waals surface area contributed by atoms with Crippen LogP contribution in [0.3, 0.4) is 0 Å². The third kappa shape index (κ3) is 3.75. The van der Waals surface area contributed by atoms with E-state index in [9.17, 15) is 14.3 Å². The molecule has 1 fully saturated rings. The highest BCUT2D eigenvalue weighted by Crippen LogP contribution is 2.10. The number of carbonyl (C=O) groups is 1. The largest absolute Gasteiger partial charge is 0.392 e. The molecule has 1 amide bonds. The van der Waals surface area contributed by atoms with Crippen LogP contribution in [0.25, 0.3) is 0 Å². The van der Waals surface area contributed by atoms with Gasteiger partial charge in [-0.25, -0.2) is 4.39 Å². The maximum absolute atomic E-state index is 13.1. The van der Waals surface area contributed by atoms with Gasteiger partial charge in [-0.3, -0.25) is 9.69 Å². The van der Waals surface area contributed by atoms with E-state index in [-0.39, 0.29) is 12.0 Å². The summed E-state index contributed by atoms with van der Waals surface area (Å²) in [7, 11) is 0. The Morgan fingerprint density at radius 3 is 2.63 bits per heavy atom. The molecule has 5 heteroatoms. The first kappa shape index (κ1) is 14.0. The summed E-state index contributed by atoms with van der Waals surface area (Å²) in [5, 5.41) is 9.32. The van der Waals surface area contributed by atoms with Crippen LogP contribution in [-0.2, 0) is 0 Å². The Hall–Kier alpha value is -1.46. The lowest BCUT2D eigenvalue weighted by Crippen LogP contribution is -2.50. The zero-order chi connectivity index (χ0) is 13.8. The van der Waals surface area contributed by atoms with Crippen LogP contribution in [0.4, 0.5) is 4.39 Å². The summed E-state index contributed by atoms with van der Waals surface area (Å²) < 4.78 is 13.1. The summed E-state index contributed by atoms with van der Waals surface area (Å²) >= 11 is 0. The van der Waals surface area contributed by atoms with Crippen LogP contribution in [0.15, 0.2) is 24.3 Å². The number of piperazine rings is 1. The summed E-state index contributed by atoms with van der Waals surface area (Å²) in [4.78, 5) is 16.0. The second kappa shape index (κ2) is 6.12. The number of benzene rings is 1. The fourth-order valence-electron chi connectivity index (χ4n) is 2.31. The van der Waals surface area contributed by atoms with Gasteiger partial charge in [0.05, 0.1) is 6.10 Å². The number of amides is 1. The molecule has 4 nitrogen and oxygen atoms in total. The van der Waals surface area contributed by atoms with Crippen LogP contribution in [0.5, 0.6) is 0 Å². The third-order valence-electron chi connectivity index (χ3n) is 3.25. The predicted octanol–water partition coefficient (Wildman–Crippen LogP) is 0.964. The Balaban J connectivity index is 1.92. The normalized spacial score (nSPS) is 18.4. The number of carbonyl (C=O) groups excluding carboxylic acids is 1. The molecule has 0 aliphatic carbocycles. The molecule has 0 spiro atoms. The zero-order valence-corrected chi connectivity index (χ0v) is 11.1. The highest BCUT2D eigenvalue weighted by molar-refractivity contribution is 5.94. The van der Waals surface area contributed by atoms with E-state index in [2.05, 4.69) is 4.90 Å². The van der Waals surface area contributed by atoms with E-state index in [1.807, 2.05) is 0 Å². The fraction of sp³-hybridized carbons (Fsp3) is 0.500. The Morgan fingerprint density at radius 1 is 1.37 bits per heavy atom. The van der Waals surface area contributed by atoms with Gasteiger partial charge in [-0.1, -0.05) is 6.07 Å². The molecule has 1 aliphatic rings. The summed E-state index contributed by atoms with van der Waals surface area (Å²) in [6, 6.07) is 5.78. The minimum Gasteiger partial charge on any atom is -0.392 e. The minimum absolute atomic E-state index is 0.129. The van der Waals surface area contributed by atoms with Crippen LogP contribution in [0.1, 0.15) is 17.3 Å². The molecule has 1 unspecified atom stereocenters. The molecule has 0 bridgehead atoms. The summed E-state index contributed by atoms with van der Waals surface area (Å²) in [5.74, 6) is -0.519. The van der Waals surface area contributed by atoms with E-state index in [0.717, 1.165) is 13.1 Å². The van der Waals surface area contributed by atoms with Gasteiger partial charge in [0.2, 0.25) is 0 Å². The minimum atomic E-state index is -0.390. The van der Waals surface area contributed by atoms with Crippen molar-refractivity contribution in [2.45, 2.75) is 13.0 Å². The second-order valence-electron chi connectivity index (χ2n) is 4.95. The first-order chi connectivity index (χ1) is 9.06. The van der Waals surface area contributed by atoms with Gasteiger partial charge < -0.3 is 10.0 Å². The van der Waals surface area contributed by atoms with Crippen molar-refractivity contribution in [1.29, 1.82) is 0 Å². The van der Waals surface area contributed by atoms with Crippen LogP contribution < -0.4 is 0 Å². The van der Waals surface area contributed by atoms with Crippen molar-refractivity contribution in [3.05, 3.63) is 35.6 Å². The first-order valence-corrected chi connectivity index (χ1v) is 6.51. The first-order valence-electron chi connectivity index (χ1n) is 6.51. The van der Waals surface area contributed by atoms with Gasteiger partial charge in [0.15, 0.2) is 0 Å². The van der Waals surface area contributed by atoms with E-state index < -0.39 is 5.82 Å². The van der Waals surface area contributed by atoms with Gasteiger partial charge in [0, 0.05) is 38.3 Å². The van der Waals surface area contributed by atoms with Crippen molar-refractivity contribution < 1.29 is 14.3 Å². The van der Waals surface area contributed by atoms with E-state index in [4.69, 9.17) is 0 Å². The van der Waals surface area contributed by atoms with E-state index in [1.165, 1.54) is 12.1 Å². The van der Waals surface area contributed by atoms with E-state index in [0.29, 0.717) is 25.2 Å². The zero-order valence-electron chi connectivity index (χ0n) is 11.1. The Kier molecular flexibility index (Phi) is 4.50. The van der Waals surface area contributed by atoms with Crippen LogP contribution in [-0.4, -0.2) is 59.6 Å². The molecule has 0 aromatic heterocycles. The number of rotatable bonds is 3. The fourth-order valence-corrected chi connectivity index (χ4v) is 2.31. The van der Waals surface area contributed by atoms with Crippen molar-refractivity contribution in [2.75, 3.05) is 32.7 Å². The van der Waals surface area contributed by atoms with Crippen molar-refractivity contribution >= 4 is 5.91 Å². The molecular formula is C14H19FN2O2. The Labute approximate surface area is 112 Å². The molecule has 1 aromatic rings. The molecule has 19 heavy (non-hydrogen) atoms. The monoisotopic (exact) mass is 266 g/mol. The summed E-state index contributed by atoms with van der Waals surface area (Å²) in [6.07, 6.45) is -0.356. The molecule has 104 valence electrons. The maximum Gasteiger partial charge on any atom is 0.254 e. The lowest BCUT2D eigenvalue weighted by Gasteiger charge is -2.35. The van der Waals surface area contributed by atoms with Crippen LogP contribution >= 0.6 is 0 Å². The number of β-amino-alcohol motifs (C(OH)–C–C–N with tert-alkyl or cyclic N) is 1. The van der Waals surface area contributed by atoms with Crippen LogP contribution in [0.2, 0.25) is 0 Å². The number of hydrogen-bond donors (Lipinski definition) is 1. The topological polar surface area (TPSA) is 43.8 Å². The number of hydrogen-bond acceptors (Lipinski definition) is 3. The molecular weight excluding hydrogens is 247 g/mol. The molecule has 1 aromatic carbocycles. The number of aliphatic hydroxyl groups excluding tert-OH is 1. The van der Waals surface area contributed by atoms with Gasteiger partial charge in [0.1, 0.15) is 5.82 Å². The highest BCUT2D eigenvalue weighted by Gasteiger charge is 2.22. The second-order valence-corrected chi connectivity index (χ2v) is 4.95. The average molecular weight is 266 g/mol. The average Bonchev–Trinajstić information content (AvgIpc) is 2.38. The highest BCUT2D eigenvalue weighted by atomic mass is 19.1. The van der Waals surface area contributed by atoms with Gasteiger partial charge in [0.25, 0.3) is 5.91 Å². The Bertz CT molecular complexity index is 443. The van der Waals surface area contributed by atoms with Crippen molar-refractivity contribution in [2.24, 2.45) is 0 Å². The lowest BCUT2D eigenvalue weighted by atomic mass is 10.1. The quantitative estimate of drug-likeness (QED) is 0.886. The predicted molar refractivity (Wildman–Crippen MR) is 70.4 cm³/mol. The molecule has 0 saturated carbocycles. The van der Waals surface area contributed by atoms with Gasteiger partial charge in [-0.2, -0.15) is 0 Å². The molecule has 2 rings (SSSR count). The standard InChI is InChI=1S/C14H19FN2O2/c1-11(18)10-16-5-7-17(8-6-16)14(19)12-3-2-4-13(15)9-12/h2-4,9,11,18H,5-8,10H2,1H3. The Morgan fingerprint density at radius 2 is 2.05 bits per heavy atom. The third-order valence-corrected chi connectivity index (χ3v) is 3.25. The number of aliphatic hydroxyl groups is 1. The summed E-state index contributed by atoms with van der Waals surface area (Å²) in [5.41, 5.74) is 0.393. The molecule has 1 N–H and O–H groups in total. The van der Waals surface area contributed by atoms with E-state index >= 15 is 0 Å². The van der Waals surface area contributed by atoms with Crippen molar-refractivity contribution in [3.8, 4) is 0 Å². The van der Waals surface area contributed by atoms with Gasteiger partial charge in [-0.05, 0) is 25.1 Å². The number of halogens is 1. The summed E-state index contributed by atoms with van der Waals surface area (Å²) in [6.45, 7) is 5.09. The van der Waals surface area contributed by atoms with Crippen LogP contribution in [0, 0.1) is 5.82 Å². The molecule has 1 atom stereocenters. The molecule has 1 heterocycles. The lowest BCUT2D eigenvalue weighted by molar-refractivity contribution is 0.0553. The number of nitrogens with zero attached hydrogens (tertiary/aromatic N) is 2. The SMILES string of the molecule is CC(O)CN1CCN(C(=O)c2cccc(F)c2)CC1. The maximum atomic E-state index is 13.1. The van der Waals surface area contributed by atoms with E-state index in [1.54, 1.807) is 24.0 Å². The van der Waals surface area contributed by atoms with Gasteiger partial charge in [-0.15, -0.1) is 0 Å². The smallest absolute Gasteiger partial charge is 0.254 e.